The molecule has 2 N–H and O–H groups in total. The topological polar surface area (TPSA) is 81.2 Å². The average molecular weight is 359 g/mol. The molecule has 0 radical (unpaired) electrons. The van der Waals surface area contributed by atoms with Crippen molar-refractivity contribution < 1.29 is 8.42 Å². The number of halogens is 1. The summed E-state index contributed by atoms with van der Waals surface area (Å²) in [6.07, 6.45) is 2.89. The van der Waals surface area contributed by atoms with Crippen molar-refractivity contribution in [2.45, 2.75) is 18.7 Å². The SMILES string of the molecule is CN(CC(C)(C)CN)S(=O)(=O)c1cnn(-c2ccccc2)c1.Cl. The van der Waals surface area contributed by atoms with Gasteiger partial charge in [0.2, 0.25) is 10.0 Å². The van der Waals surface area contributed by atoms with Crippen LogP contribution in [0.1, 0.15) is 13.8 Å². The Morgan fingerprint density at radius 3 is 2.43 bits per heavy atom. The molecule has 128 valence electrons. The highest BCUT2D eigenvalue weighted by molar-refractivity contribution is 7.89. The van der Waals surface area contributed by atoms with E-state index < -0.39 is 10.0 Å². The molecule has 0 aliphatic rings. The van der Waals surface area contributed by atoms with Gasteiger partial charge in [-0.25, -0.2) is 17.4 Å². The summed E-state index contributed by atoms with van der Waals surface area (Å²) >= 11 is 0. The predicted molar refractivity (Wildman–Crippen MR) is 93.5 cm³/mol. The Hall–Kier alpha value is -1.41. The van der Waals surface area contributed by atoms with E-state index in [0.717, 1.165) is 5.69 Å². The van der Waals surface area contributed by atoms with Gasteiger partial charge in [0.25, 0.3) is 0 Å². The highest BCUT2D eigenvalue weighted by Crippen LogP contribution is 2.21. The Balaban J connectivity index is 0.00000264. The second kappa shape index (κ2) is 7.44. The van der Waals surface area contributed by atoms with Crippen molar-refractivity contribution >= 4 is 22.4 Å². The summed E-state index contributed by atoms with van der Waals surface area (Å²) in [4.78, 5) is 0.173. The average Bonchev–Trinajstić information content (AvgIpc) is 2.98. The molecule has 0 saturated carbocycles. The molecule has 0 aliphatic heterocycles. The second-order valence-corrected chi connectivity index (χ2v) is 8.13. The Kier molecular flexibility index (Phi) is 6.35. The summed E-state index contributed by atoms with van der Waals surface area (Å²) in [6.45, 7) is 4.64. The predicted octanol–water partition coefficient (Wildman–Crippen LogP) is 1.90. The Bertz CT molecular complexity index is 729. The molecule has 0 saturated heterocycles. The molecule has 6 nitrogen and oxygen atoms in total. The van der Waals surface area contributed by atoms with Gasteiger partial charge in [-0.1, -0.05) is 32.0 Å². The first-order valence-electron chi connectivity index (χ1n) is 7.03. The normalized spacial score (nSPS) is 12.2. The molecule has 1 heterocycles. The highest BCUT2D eigenvalue weighted by atomic mass is 35.5. The van der Waals surface area contributed by atoms with Gasteiger partial charge < -0.3 is 5.73 Å². The lowest BCUT2D eigenvalue weighted by atomic mass is 9.94. The van der Waals surface area contributed by atoms with E-state index in [9.17, 15) is 8.42 Å². The van der Waals surface area contributed by atoms with Crippen LogP contribution in [-0.4, -0.2) is 42.6 Å². The van der Waals surface area contributed by atoms with Gasteiger partial charge in [-0.2, -0.15) is 5.10 Å². The van der Waals surface area contributed by atoms with E-state index in [1.165, 1.54) is 16.7 Å². The van der Waals surface area contributed by atoms with E-state index in [-0.39, 0.29) is 22.7 Å². The zero-order chi connectivity index (χ0) is 16.4. The molecule has 0 atom stereocenters. The maximum Gasteiger partial charge on any atom is 0.245 e. The van der Waals surface area contributed by atoms with Crippen LogP contribution in [0.15, 0.2) is 47.6 Å². The molecule has 1 aromatic heterocycles. The van der Waals surface area contributed by atoms with Crippen molar-refractivity contribution in [3.05, 3.63) is 42.7 Å². The first kappa shape index (κ1) is 19.6. The monoisotopic (exact) mass is 358 g/mol. The van der Waals surface area contributed by atoms with Crippen LogP contribution in [0.4, 0.5) is 0 Å². The van der Waals surface area contributed by atoms with Crippen LogP contribution in [0.3, 0.4) is 0 Å². The summed E-state index contributed by atoms with van der Waals surface area (Å²) in [6, 6.07) is 9.38. The number of para-hydroxylation sites is 1. The first-order valence-corrected chi connectivity index (χ1v) is 8.47. The Labute approximate surface area is 143 Å². The van der Waals surface area contributed by atoms with E-state index in [0.29, 0.717) is 13.1 Å². The van der Waals surface area contributed by atoms with Gasteiger partial charge in [0.05, 0.1) is 18.1 Å². The first-order chi connectivity index (χ1) is 10.3. The van der Waals surface area contributed by atoms with Crippen molar-refractivity contribution in [2.75, 3.05) is 20.1 Å². The van der Waals surface area contributed by atoms with Gasteiger partial charge in [-0.3, -0.25) is 0 Å². The van der Waals surface area contributed by atoms with Crippen molar-refractivity contribution in [3.63, 3.8) is 0 Å². The molecular formula is C15H23ClN4O2S. The van der Waals surface area contributed by atoms with Crippen LogP contribution in [0, 0.1) is 5.41 Å². The van der Waals surface area contributed by atoms with Crippen molar-refractivity contribution in [1.82, 2.24) is 14.1 Å². The maximum atomic E-state index is 12.6. The molecule has 1 aromatic carbocycles. The number of hydrogen-bond donors (Lipinski definition) is 1. The van der Waals surface area contributed by atoms with E-state index in [4.69, 9.17) is 5.73 Å². The molecule has 0 bridgehead atoms. The Morgan fingerprint density at radius 2 is 1.87 bits per heavy atom. The maximum absolute atomic E-state index is 12.6. The van der Waals surface area contributed by atoms with E-state index in [1.54, 1.807) is 11.7 Å². The third kappa shape index (κ3) is 4.54. The highest BCUT2D eigenvalue weighted by Gasteiger charge is 2.28. The van der Waals surface area contributed by atoms with Crippen molar-refractivity contribution in [1.29, 1.82) is 0 Å². The molecule has 0 fully saturated rings. The van der Waals surface area contributed by atoms with Crippen LogP contribution in [0.2, 0.25) is 0 Å². The van der Waals surface area contributed by atoms with Gasteiger partial charge in [-0.15, -0.1) is 12.4 Å². The number of hydrogen-bond acceptors (Lipinski definition) is 4. The molecular weight excluding hydrogens is 336 g/mol. The summed E-state index contributed by atoms with van der Waals surface area (Å²) < 4.78 is 28.1. The lowest BCUT2D eigenvalue weighted by Gasteiger charge is -2.28. The smallest absolute Gasteiger partial charge is 0.245 e. The quantitative estimate of drug-likeness (QED) is 0.855. The minimum absolute atomic E-state index is 0. The third-order valence-electron chi connectivity index (χ3n) is 3.49. The van der Waals surface area contributed by atoms with Gasteiger partial charge in [-0.05, 0) is 24.1 Å². The fourth-order valence-corrected chi connectivity index (χ4v) is 3.39. The lowest BCUT2D eigenvalue weighted by Crippen LogP contribution is -2.39. The van der Waals surface area contributed by atoms with Crippen molar-refractivity contribution in [2.24, 2.45) is 11.1 Å². The fourth-order valence-electron chi connectivity index (χ4n) is 2.09. The fraction of sp³-hybridized carbons (Fsp3) is 0.400. The minimum atomic E-state index is -3.57. The summed E-state index contributed by atoms with van der Waals surface area (Å²) in [5, 5.41) is 4.14. The molecule has 2 rings (SSSR count). The largest absolute Gasteiger partial charge is 0.330 e. The summed E-state index contributed by atoms with van der Waals surface area (Å²) in [7, 11) is -2.01. The number of nitrogens with two attached hydrogens (primary N) is 1. The number of sulfonamides is 1. The molecule has 0 spiro atoms. The Morgan fingerprint density at radius 1 is 1.26 bits per heavy atom. The molecule has 0 amide bonds. The number of nitrogens with zero attached hydrogens (tertiary/aromatic N) is 3. The van der Waals surface area contributed by atoms with Crippen molar-refractivity contribution in [3.8, 4) is 5.69 Å². The summed E-state index contributed by atoms with van der Waals surface area (Å²) in [5.41, 5.74) is 6.21. The van der Waals surface area contributed by atoms with Crippen LogP contribution in [0.5, 0.6) is 0 Å². The van der Waals surface area contributed by atoms with Gasteiger partial charge in [0.15, 0.2) is 0 Å². The van der Waals surface area contributed by atoms with Crippen LogP contribution in [0.25, 0.3) is 5.69 Å². The van der Waals surface area contributed by atoms with Gasteiger partial charge in [0.1, 0.15) is 4.90 Å². The van der Waals surface area contributed by atoms with Crippen LogP contribution < -0.4 is 5.73 Å². The molecule has 2 aromatic rings. The number of rotatable bonds is 6. The van der Waals surface area contributed by atoms with E-state index >= 15 is 0 Å². The standard InChI is InChI=1S/C15H22N4O2S.ClH/c1-15(2,11-16)12-18(3)22(20,21)14-9-17-19(10-14)13-7-5-4-6-8-13;/h4-10H,11-12,16H2,1-3H3;1H. The van der Waals surface area contributed by atoms with E-state index in [1.807, 2.05) is 44.2 Å². The minimum Gasteiger partial charge on any atom is -0.330 e. The molecule has 8 heteroatoms. The molecule has 23 heavy (non-hydrogen) atoms. The van der Waals surface area contributed by atoms with E-state index in [2.05, 4.69) is 5.10 Å². The lowest BCUT2D eigenvalue weighted by molar-refractivity contribution is 0.292. The second-order valence-electron chi connectivity index (χ2n) is 6.09. The van der Waals surface area contributed by atoms with Gasteiger partial charge in [0, 0.05) is 13.6 Å². The zero-order valence-corrected chi connectivity index (χ0v) is 15.1. The number of benzene rings is 1. The third-order valence-corrected chi connectivity index (χ3v) is 5.25. The zero-order valence-electron chi connectivity index (χ0n) is 13.5. The number of aromatic nitrogens is 2. The van der Waals surface area contributed by atoms with Crippen LogP contribution in [-0.2, 0) is 10.0 Å². The molecule has 0 aliphatic carbocycles. The van der Waals surface area contributed by atoms with Crippen LogP contribution >= 0.6 is 12.4 Å². The molecule has 0 unspecified atom stereocenters. The van der Waals surface area contributed by atoms with Gasteiger partial charge >= 0.3 is 0 Å². The summed E-state index contributed by atoms with van der Waals surface area (Å²) in [5.74, 6) is 0.